The van der Waals surface area contributed by atoms with Crippen molar-refractivity contribution >= 4 is 43.0 Å². The van der Waals surface area contributed by atoms with Crippen LogP contribution in [0.25, 0.3) is 6.08 Å². The number of carbonyl (C=O) groups is 2. The van der Waals surface area contributed by atoms with Gasteiger partial charge in [-0.05, 0) is 100 Å². The van der Waals surface area contributed by atoms with Crippen molar-refractivity contribution in [2.24, 2.45) is 0 Å². The molecule has 1 aliphatic rings. The van der Waals surface area contributed by atoms with Crippen molar-refractivity contribution in [3.8, 4) is 23.0 Å². The Balaban J connectivity index is 2.09. The van der Waals surface area contributed by atoms with E-state index in [1.807, 2.05) is 63.5 Å². The minimum atomic E-state index is -2.23. The first-order valence-corrected chi connectivity index (χ1v) is 23.5. The van der Waals surface area contributed by atoms with E-state index >= 15 is 0 Å². The van der Waals surface area contributed by atoms with Gasteiger partial charge in [0, 0.05) is 11.6 Å². The number of hydrogen-bond donors (Lipinski definition) is 0. The van der Waals surface area contributed by atoms with E-state index < -0.39 is 42.9 Å². The van der Waals surface area contributed by atoms with E-state index in [2.05, 4.69) is 19.6 Å². The maximum atomic E-state index is 13.7. The van der Waals surface area contributed by atoms with Crippen LogP contribution in [0.5, 0.6) is 23.0 Å². The molecule has 40 heavy (non-hydrogen) atoms. The van der Waals surface area contributed by atoms with Crippen molar-refractivity contribution in [1.29, 1.82) is 0 Å². The van der Waals surface area contributed by atoms with Gasteiger partial charge < -0.3 is 27.5 Å². The van der Waals surface area contributed by atoms with E-state index in [4.69, 9.17) is 27.5 Å². The lowest BCUT2D eigenvalue weighted by Gasteiger charge is -2.25. The Labute approximate surface area is 241 Å². The van der Waals surface area contributed by atoms with Gasteiger partial charge in [-0.3, -0.25) is 4.79 Å². The lowest BCUT2D eigenvalue weighted by molar-refractivity contribution is -0.138. The molecule has 0 N–H and O–H groups in total. The van der Waals surface area contributed by atoms with Gasteiger partial charge in [-0.15, -0.1) is 0 Å². The molecule has 0 aromatic heterocycles. The molecule has 0 radical (unpaired) electrons. The Morgan fingerprint density at radius 1 is 0.775 bits per heavy atom. The van der Waals surface area contributed by atoms with Gasteiger partial charge in [0.25, 0.3) is 0 Å². The lowest BCUT2D eigenvalue weighted by atomic mass is 9.90. The Morgan fingerprint density at radius 2 is 1.40 bits per heavy atom. The SMILES string of the molecule is COc1cc([C@H]2Oc3c(OC)cc(/C=C/C(=O)O[Si](C)(C)C)cc3[C@@H]2C(=O)O[Si](C)(C)C)ccc1O[Si](C)(C)C. The van der Waals surface area contributed by atoms with Crippen molar-refractivity contribution in [3.63, 3.8) is 0 Å². The zero-order valence-electron chi connectivity index (χ0n) is 25.5. The third kappa shape index (κ3) is 8.24. The largest absolute Gasteiger partial charge is 0.542 e. The average molecular weight is 603 g/mol. The van der Waals surface area contributed by atoms with Crippen molar-refractivity contribution in [1.82, 2.24) is 0 Å². The molecule has 11 heteroatoms. The number of hydrogen-bond acceptors (Lipinski definition) is 8. The van der Waals surface area contributed by atoms with Crippen LogP contribution in [0.3, 0.4) is 0 Å². The number of ether oxygens (including phenoxy) is 3. The summed E-state index contributed by atoms with van der Waals surface area (Å²) in [5.41, 5.74) is 2.05. The highest BCUT2D eigenvalue weighted by atomic mass is 28.4. The third-order valence-electron chi connectivity index (χ3n) is 5.62. The molecule has 2 atom stereocenters. The first-order chi connectivity index (χ1) is 18.4. The van der Waals surface area contributed by atoms with Crippen molar-refractivity contribution in [3.05, 3.63) is 53.1 Å². The summed E-state index contributed by atoms with van der Waals surface area (Å²) in [6, 6.07) is 9.21. The molecule has 2 aromatic rings. The minimum absolute atomic E-state index is 0.370. The zero-order chi connectivity index (χ0) is 30.0. The Hall–Kier alpha value is -3.03. The summed E-state index contributed by atoms with van der Waals surface area (Å²) in [5.74, 6) is 0.598. The maximum absolute atomic E-state index is 13.7. The van der Waals surface area contributed by atoms with Crippen LogP contribution in [-0.2, 0) is 18.4 Å². The van der Waals surface area contributed by atoms with Gasteiger partial charge >= 0.3 is 11.9 Å². The van der Waals surface area contributed by atoms with E-state index in [9.17, 15) is 9.59 Å². The Kier molecular flexibility index (Phi) is 9.32. The van der Waals surface area contributed by atoms with Crippen LogP contribution in [0.2, 0.25) is 58.9 Å². The van der Waals surface area contributed by atoms with Gasteiger partial charge in [0.15, 0.2) is 17.2 Å². The number of methoxy groups -OCH3 is 2. The van der Waals surface area contributed by atoms with Crippen LogP contribution < -0.4 is 18.6 Å². The van der Waals surface area contributed by atoms with Gasteiger partial charge in [0.2, 0.25) is 25.0 Å². The molecule has 0 amide bonds. The van der Waals surface area contributed by atoms with Gasteiger partial charge in [0.1, 0.15) is 17.8 Å². The normalized spacial score (nSPS) is 17.2. The summed E-state index contributed by atoms with van der Waals surface area (Å²) in [5, 5.41) is 0. The number of rotatable bonds is 10. The van der Waals surface area contributed by atoms with Crippen molar-refractivity contribution in [2.45, 2.75) is 70.9 Å². The predicted octanol–water partition coefficient (Wildman–Crippen LogP) is 6.90. The molecule has 0 saturated heterocycles. The summed E-state index contributed by atoms with van der Waals surface area (Å²) in [6.07, 6.45) is 2.37. The third-order valence-corrected chi connectivity index (χ3v) is 8.08. The van der Waals surface area contributed by atoms with Crippen LogP contribution in [0, 0.1) is 0 Å². The fourth-order valence-corrected chi connectivity index (χ4v) is 6.49. The number of fused-ring (bicyclic) bond motifs is 1. The number of carbonyl (C=O) groups excluding carboxylic acids is 2. The van der Waals surface area contributed by atoms with Gasteiger partial charge in [-0.1, -0.05) is 6.07 Å². The summed E-state index contributed by atoms with van der Waals surface area (Å²) >= 11 is 0. The minimum Gasteiger partial charge on any atom is -0.542 e. The second-order valence-corrected chi connectivity index (χ2v) is 26.0. The maximum Gasteiger partial charge on any atom is 0.317 e. The molecule has 0 spiro atoms. The highest BCUT2D eigenvalue weighted by molar-refractivity contribution is 6.71. The average Bonchev–Trinajstić information content (AvgIpc) is 3.19. The van der Waals surface area contributed by atoms with Crippen LogP contribution in [0.15, 0.2) is 36.4 Å². The van der Waals surface area contributed by atoms with E-state index in [0.717, 1.165) is 5.56 Å². The van der Waals surface area contributed by atoms with Crippen LogP contribution in [0.4, 0.5) is 0 Å². The van der Waals surface area contributed by atoms with Crippen molar-refractivity contribution < 1.29 is 37.1 Å². The molecule has 0 bridgehead atoms. The summed E-state index contributed by atoms with van der Waals surface area (Å²) in [6.45, 7) is 18.0. The second kappa shape index (κ2) is 11.8. The quantitative estimate of drug-likeness (QED) is 0.214. The first kappa shape index (κ1) is 31.5. The molecule has 1 heterocycles. The molecule has 2 aromatic carbocycles. The lowest BCUT2D eigenvalue weighted by Crippen LogP contribution is -2.33. The van der Waals surface area contributed by atoms with Crippen molar-refractivity contribution in [2.75, 3.05) is 14.2 Å². The van der Waals surface area contributed by atoms with Gasteiger partial charge in [0.05, 0.1) is 14.2 Å². The Bertz CT molecular complexity index is 1290. The topological polar surface area (TPSA) is 89.5 Å². The second-order valence-electron chi connectivity index (χ2n) is 12.7. The predicted molar refractivity (Wildman–Crippen MR) is 164 cm³/mol. The smallest absolute Gasteiger partial charge is 0.317 e. The van der Waals surface area contributed by atoms with Gasteiger partial charge in [-0.2, -0.15) is 0 Å². The molecular weight excluding hydrogens is 561 g/mol. The van der Waals surface area contributed by atoms with Crippen LogP contribution in [0.1, 0.15) is 28.7 Å². The molecule has 218 valence electrons. The molecule has 0 aliphatic carbocycles. The standard InChI is InChI=1S/C29H42O8Si3/c1-32-23-18-20(13-14-22(23)35-38(3,4)5)27-26(29(31)37-40(9,10)11)21-16-19(17-24(33-2)28(21)34-27)12-15-25(30)36-39(6,7)8/h12-18,26-27H,1-11H3/b15-12+/t26-,27+/m0/s1. The zero-order valence-corrected chi connectivity index (χ0v) is 28.5. The van der Waals surface area contributed by atoms with Gasteiger partial charge in [-0.25, -0.2) is 4.79 Å². The summed E-state index contributed by atoms with van der Waals surface area (Å²) < 4.78 is 35.5. The van der Waals surface area contributed by atoms with E-state index in [-0.39, 0.29) is 5.97 Å². The highest BCUT2D eigenvalue weighted by Gasteiger charge is 2.45. The molecule has 0 unspecified atom stereocenters. The highest BCUT2D eigenvalue weighted by Crippen LogP contribution is 2.52. The first-order valence-electron chi connectivity index (χ1n) is 13.3. The number of benzene rings is 2. The molecule has 0 saturated carbocycles. The van der Waals surface area contributed by atoms with Crippen LogP contribution >= 0.6 is 0 Å². The molecule has 8 nitrogen and oxygen atoms in total. The molecule has 0 fully saturated rings. The fourth-order valence-electron chi connectivity index (χ4n) is 4.26. The summed E-state index contributed by atoms with van der Waals surface area (Å²) in [4.78, 5) is 26.0. The monoisotopic (exact) mass is 602 g/mol. The van der Waals surface area contributed by atoms with E-state index in [1.165, 1.54) is 6.08 Å². The molecule has 1 aliphatic heterocycles. The molecular formula is C29H42O8Si3. The van der Waals surface area contributed by atoms with E-state index in [0.29, 0.717) is 34.1 Å². The van der Waals surface area contributed by atoms with E-state index in [1.54, 1.807) is 26.4 Å². The Morgan fingerprint density at radius 3 is 1.95 bits per heavy atom. The summed E-state index contributed by atoms with van der Waals surface area (Å²) in [7, 11) is -3.02. The molecule has 3 rings (SSSR count). The fraction of sp³-hybridized carbons (Fsp3) is 0.448. The van der Waals surface area contributed by atoms with Crippen LogP contribution in [-0.4, -0.2) is 51.1 Å².